The maximum absolute atomic E-state index is 4.08. The van der Waals surface area contributed by atoms with Crippen LogP contribution in [0.2, 0.25) is 0 Å². The fourth-order valence-corrected chi connectivity index (χ4v) is 2.15. The maximum atomic E-state index is 4.08. The second-order valence-electron chi connectivity index (χ2n) is 3.69. The first-order valence-corrected chi connectivity index (χ1v) is 5.27. The normalized spacial score (nSPS) is 19.5. The molecule has 0 atom stereocenters. The van der Waals surface area contributed by atoms with Gasteiger partial charge in [-0.2, -0.15) is 0 Å². The minimum atomic E-state index is 0.510. The van der Waals surface area contributed by atoms with Crippen molar-refractivity contribution in [3.05, 3.63) is 11.9 Å². The molecule has 0 spiro atoms. The summed E-state index contributed by atoms with van der Waals surface area (Å²) in [4.78, 5) is 0. The van der Waals surface area contributed by atoms with Crippen LogP contribution in [0.4, 0.5) is 0 Å². The highest BCUT2D eigenvalue weighted by Crippen LogP contribution is 2.49. The number of rotatable bonds is 3. The van der Waals surface area contributed by atoms with E-state index in [2.05, 4.69) is 26.2 Å². The monoisotopic (exact) mass is 229 g/mol. The zero-order valence-corrected chi connectivity index (χ0v) is 8.71. The molecule has 0 unspecified atom stereocenters. The minimum Gasteiger partial charge on any atom is -0.255 e. The van der Waals surface area contributed by atoms with Crippen molar-refractivity contribution in [1.82, 2.24) is 15.0 Å². The molecule has 1 saturated carbocycles. The molecular weight excluding hydrogens is 218 g/mol. The van der Waals surface area contributed by atoms with Crippen molar-refractivity contribution < 1.29 is 0 Å². The first-order valence-electron chi connectivity index (χ1n) is 4.15. The van der Waals surface area contributed by atoms with Gasteiger partial charge in [-0.3, -0.25) is 4.68 Å². The van der Waals surface area contributed by atoms with Gasteiger partial charge in [-0.1, -0.05) is 21.1 Å². The fraction of sp³-hybridized carbons (Fsp3) is 0.750. The summed E-state index contributed by atoms with van der Waals surface area (Å²) in [5, 5.41) is 9.09. The molecule has 0 aliphatic heterocycles. The zero-order chi connectivity index (χ0) is 8.60. The van der Waals surface area contributed by atoms with Crippen LogP contribution < -0.4 is 0 Å². The van der Waals surface area contributed by atoms with Crippen LogP contribution >= 0.6 is 15.9 Å². The molecule has 1 fully saturated rings. The first-order chi connectivity index (χ1) is 5.74. The molecule has 1 aromatic heterocycles. The van der Waals surface area contributed by atoms with E-state index >= 15 is 0 Å². The van der Waals surface area contributed by atoms with Gasteiger partial charge in [0, 0.05) is 18.6 Å². The predicted molar refractivity (Wildman–Crippen MR) is 50.2 cm³/mol. The molecule has 0 amide bonds. The summed E-state index contributed by atoms with van der Waals surface area (Å²) in [7, 11) is 1.91. The lowest BCUT2D eigenvalue weighted by atomic mass is 10.0. The zero-order valence-electron chi connectivity index (χ0n) is 7.13. The van der Waals surface area contributed by atoms with Crippen molar-refractivity contribution >= 4 is 15.9 Å². The van der Waals surface area contributed by atoms with Crippen molar-refractivity contribution in [3.8, 4) is 0 Å². The Morgan fingerprint density at radius 1 is 1.67 bits per heavy atom. The Hall–Kier alpha value is -0.380. The van der Waals surface area contributed by atoms with E-state index < -0.39 is 0 Å². The van der Waals surface area contributed by atoms with Crippen LogP contribution in [0.1, 0.15) is 18.5 Å². The quantitative estimate of drug-likeness (QED) is 0.737. The van der Waals surface area contributed by atoms with Gasteiger partial charge in [0.25, 0.3) is 0 Å². The van der Waals surface area contributed by atoms with Gasteiger partial charge < -0.3 is 0 Å². The lowest BCUT2D eigenvalue weighted by Crippen LogP contribution is -2.06. The van der Waals surface area contributed by atoms with Gasteiger partial charge in [0.2, 0.25) is 0 Å². The largest absolute Gasteiger partial charge is 0.255 e. The molecule has 0 bridgehead atoms. The third-order valence-corrected chi connectivity index (χ3v) is 3.64. The molecule has 66 valence electrons. The van der Waals surface area contributed by atoms with Crippen molar-refractivity contribution in [3.63, 3.8) is 0 Å². The fourth-order valence-electron chi connectivity index (χ4n) is 1.39. The lowest BCUT2D eigenvalue weighted by molar-refractivity contribution is 0.575. The van der Waals surface area contributed by atoms with E-state index in [1.54, 1.807) is 4.68 Å². The van der Waals surface area contributed by atoms with E-state index in [0.717, 1.165) is 17.4 Å². The minimum absolute atomic E-state index is 0.510. The Bertz CT molecular complexity index is 278. The van der Waals surface area contributed by atoms with Gasteiger partial charge in [0.15, 0.2) is 0 Å². The predicted octanol–water partition coefficient (Wildman–Crippen LogP) is 1.53. The number of hydrogen-bond donors (Lipinski definition) is 0. The van der Waals surface area contributed by atoms with Crippen molar-refractivity contribution in [2.45, 2.75) is 19.3 Å². The topological polar surface area (TPSA) is 30.7 Å². The Morgan fingerprint density at radius 2 is 2.42 bits per heavy atom. The van der Waals surface area contributed by atoms with Crippen LogP contribution in [0.25, 0.3) is 0 Å². The molecule has 1 aliphatic rings. The van der Waals surface area contributed by atoms with Crippen molar-refractivity contribution in [1.29, 1.82) is 0 Å². The number of alkyl halides is 1. The van der Waals surface area contributed by atoms with Gasteiger partial charge in [0.1, 0.15) is 0 Å². The summed E-state index contributed by atoms with van der Waals surface area (Å²) in [5.41, 5.74) is 1.63. The van der Waals surface area contributed by atoms with Crippen LogP contribution in [-0.4, -0.2) is 20.3 Å². The van der Waals surface area contributed by atoms with E-state index in [-0.39, 0.29) is 0 Å². The van der Waals surface area contributed by atoms with Crippen LogP contribution in [0.3, 0.4) is 0 Å². The molecule has 1 heterocycles. The van der Waals surface area contributed by atoms with E-state index in [1.165, 1.54) is 12.8 Å². The third kappa shape index (κ3) is 1.53. The molecule has 0 N–H and O–H groups in total. The summed E-state index contributed by atoms with van der Waals surface area (Å²) in [6, 6.07) is 0. The van der Waals surface area contributed by atoms with E-state index in [9.17, 15) is 0 Å². The molecule has 1 aliphatic carbocycles. The van der Waals surface area contributed by atoms with Crippen molar-refractivity contribution in [2.24, 2.45) is 12.5 Å². The van der Waals surface area contributed by atoms with Gasteiger partial charge >= 0.3 is 0 Å². The molecule has 0 radical (unpaired) electrons. The average molecular weight is 230 g/mol. The number of aryl methyl sites for hydroxylation is 1. The Morgan fingerprint density at radius 3 is 2.83 bits per heavy atom. The Labute approximate surface area is 80.3 Å². The molecule has 0 aromatic carbocycles. The summed E-state index contributed by atoms with van der Waals surface area (Å²) >= 11 is 3.54. The van der Waals surface area contributed by atoms with E-state index in [1.807, 2.05) is 13.2 Å². The maximum Gasteiger partial charge on any atom is 0.0832 e. The smallest absolute Gasteiger partial charge is 0.0832 e. The molecule has 3 nitrogen and oxygen atoms in total. The van der Waals surface area contributed by atoms with Crippen molar-refractivity contribution in [2.75, 3.05) is 5.33 Å². The van der Waals surface area contributed by atoms with Crippen LogP contribution in [0, 0.1) is 5.41 Å². The average Bonchev–Trinajstić information content (AvgIpc) is 2.71. The highest BCUT2D eigenvalue weighted by atomic mass is 79.9. The van der Waals surface area contributed by atoms with E-state index in [4.69, 9.17) is 0 Å². The second kappa shape index (κ2) is 2.83. The Balaban J connectivity index is 2.04. The SMILES string of the molecule is Cn1cc(CC2(CBr)CC2)nn1. The third-order valence-electron chi connectivity index (χ3n) is 2.45. The number of nitrogens with zero attached hydrogens (tertiary/aromatic N) is 3. The molecule has 1 aromatic rings. The molecular formula is C8H12BrN3. The Kier molecular flexibility index (Phi) is 1.94. The molecule has 4 heteroatoms. The van der Waals surface area contributed by atoms with Gasteiger partial charge in [0.05, 0.1) is 5.69 Å². The standard InChI is InChI=1S/C8H12BrN3/c1-12-5-7(10-11-12)4-8(6-9)2-3-8/h5H,2-4,6H2,1H3. The molecule has 12 heavy (non-hydrogen) atoms. The highest BCUT2D eigenvalue weighted by molar-refractivity contribution is 9.09. The van der Waals surface area contributed by atoms with E-state index in [0.29, 0.717) is 5.41 Å². The number of aromatic nitrogens is 3. The van der Waals surface area contributed by atoms with Crippen LogP contribution in [-0.2, 0) is 13.5 Å². The summed E-state index contributed by atoms with van der Waals surface area (Å²) in [6.45, 7) is 0. The summed E-state index contributed by atoms with van der Waals surface area (Å²) in [5.74, 6) is 0. The van der Waals surface area contributed by atoms with Crippen LogP contribution in [0.15, 0.2) is 6.20 Å². The summed E-state index contributed by atoms with van der Waals surface area (Å²) in [6.07, 6.45) is 5.73. The highest BCUT2D eigenvalue weighted by Gasteiger charge is 2.41. The number of hydrogen-bond acceptors (Lipinski definition) is 2. The molecule has 2 rings (SSSR count). The second-order valence-corrected chi connectivity index (χ2v) is 4.25. The van der Waals surface area contributed by atoms with Gasteiger partial charge in [-0.15, -0.1) is 5.10 Å². The summed E-state index contributed by atoms with van der Waals surface area (Å²) < 4.78 is 1.76. The lowest BCUT2D eigenvalue weighted by Gasteiger charge is -2.06. The first kappa shape index (κ1) is 8.23. The van der Waals surface area contributed by atoms with Gasteiger partial charge in [-0.25, -0.2) is 0 Å². The molecule has 0 saturated heterocycles. The van der Waals surface area contributed by atoms with Crippen LogP contribution in [0.5, 0.6) is 0 Å². The van der Waals surface area contributed by atoms with Gasteiger partial charge in [-0.05, 0) is 24.7 Å². The number of halogens is 1.